The molecule has 0 spiro atoms. The van der Waals surface area contributed by atoms with E-state index in [4.69, 9.17) is 24.3 Å². The molecule has 2 fully saturated rings. The number of hydrogen-bond donors (Lipinski definition) is 0. The molecule has 1 heterocycles. The molecule has 188 valence electrons. The van der Waals surface area contributed by atoms with Crippen LogP contribution in [0.2, 0.25) is 0 Å². The van der Waals surface area contributed by atoms with E-state index in [9.17, 15) is 4.79 Å². The van der Waals surface area contributed by atoms with Crippen molar-refractivity contribution in [3.8, 4) is 28.5 Å². The number of carbonyl (C=O) groups is 1. The first-order valence-electron chi connectivity index (χ1n) is 12.5. The molecule has 0 atom stereocenters. The molecular weight excluding hydrogens is 474 g/mol. The van der Waals surface area contributed by atoms with E-state index in [1.54, 1.807) is 37.8 Å². The number of aromatic nitrogens is 1. The predicted octanol–water partition coefficient (Wildman–Crippen LogP) is 5.66. The zero-order chi connectivity index (χ0) is 24.9. The molecule has 2 aliphatic rings. The first-order valence-corrected chi connectivity index (χ1v) is 13.4. The molecule has 2 saturated carbocycles. The summed E-state index contributed by atoms with van der Waals surface area (Å²) in [6, 6.07) is 13.8. The van der Waals surface area contributed by atoms with Gasteiger partial charge in [-0.25, -0.2) is 4.68 Å². The molecule has 0 N–H and O–H groups in total. The number of nitrogens with zero attached hydrogens (tertiary/aromatic N) is 3. The SMILES string of the molecule is COc1ccc(-c2csc(=NC3CCCCC3)n2N=Cc2ccc(OC(=O)C3CC3)c(OC)c2)cc1. The molecule has 3 aromatic rings. The topological polar surface area (TPSA) is 74.4 Å². The predicted molar refractivity (Wildman–Crippen MR) is 141 cm³/mol. The van der Waals surface area contributed by atoms with Crippen molar-refractivity contribution < 1.29 is 19.0 Å². The lowest BCUT2D eigenvalue weighted by Gasteiger charge is -2.16. The Kier molecular flexibility index (Phi) is 7.51. The second kappa shape index (κ2) is 11.1. The van der Waals surface area contributed by atoms with Gasteiger partial charge in [-0.15, -0.1) is 11.3 Å². The first-order chi connectivity index (χ1) is 17.6. The lowest BCUT2D eigenvalue weighted by atomic mass is 9.96. The van der Waals surface area contributed by atoms with Gasteiger partial charge in [0.15, 0.2) is 11.5 Å². The molecule has 0 amide bonds. The van der Waals surface area contributed by atoms with Crippen molar-refractivity contribution in [2.24, 2.45) is 16.0 Å². The van der Waals surface area contributed by atoms with E-state index in [0.29, 0.717) is 17.5 Å². The number of ether oxygens (including phenoxy) is 3. The van der Waals surface area contributed by atoms with Crippen LogP contribution in [0.15, 0.2) is 57.9 Å². The highest BCUT2D eigenvalue weighted by Gasteiger charge is 2.32. The smallest absolute Gasteiger partial charge is 0.314 e. The van der Waals surface area contributed by atoms with Crippen LogP contribution in [0.1, 0.15) is 50.5 Å². The average molecular weight is 506 g/mol. The summed E-state index contributed by atoms with van der Waals surface area (Å²) in [5, 5.41) is 6.94. The fourth-order valence-electron chi connectivity index (χ4n) is 4.31. The number of benzene rings is 2. The molecule has 36 heavy (non-hydrogen) atoms. The second-order valence-electron chi connectivity index (χ2n) is 9.21. The maximum atomic E-state index is 12.1. The normalized spacial score (nSPS) is 16.9. The van der Waals surface area contributed by atoms with E-state index < -0.39 is 0 Å². The summed E-state index contributed by atoms with van der Waals surface area (Å²) >= 11 is 1.60. The highest BCUT2D eigenvalue weighted by Crippen LogP contribution is 2.34. The van der Waals surface area contributed by atoms with Gasteiger partial charge in [-0.2, -0.15) is 5.10 Å². The molecule has 0 aliphatic heterocycles. The van der Waals surface area contributed by atoms with Crippen LogP contribution in [0.5, 0.6) is 17.2 Å². The van der Waals surface area contributed by atoms with Crippen molar-refractivity contribution >= 4 is 23.5 Å². The number of hydrogen-bond acceptors (Lipinski definition) is 7. The minimum Gasteiger partial charge on any atom is -0.497 e. The molecule has 7 nitrogen and oxygen atoms in total. The van der Waals surface area contributed by atoms with Crippen LogP contribution in [0.4, 0.5) is 0 Å². The van der Waals surface area contributed by atoms with E-state index in [1.165, 1.54) is 19.3 Å². The molecule has 5 rings (SSSR count). The number of rotatable bonds is 8. The third-order valence-electron chi connectivity index (χ3n) is 6.57. The minimum absolute atomic E-state index is 0.0219. The number of carbonyl (C=O) groups excluding carboxylic acids is 1. The third-order valence-corrected chi connectivity index (χ3v) is 7.40. The standard InChI is InChI=1S/C28H31N3O4S/c1-33-23-13-11-20(12-14-23)24-18-36-28(30-22-6-4-3-5-7-22)31(24)29-17-19-8-15-25(26(16-19)34-2)35-27(32)21-9-10-21/h8,11-18,21-22H,3-7,9-10H2,1-2H3. The van der Waals surface area contributed by atoms with E-state index >= 15 is 0 Å². The van der Waals surface area contributed by atoms with Gasteiger partial charge < -0.3 is 14.2 Å². The Morgan fingerprint density at radius 1 is 0.972 bits per heavy atom. The summed E-state index contributed by atoms with van der Waals surface area (Å²) in [4.78, 5) is 18.1. The summed E-state index contributed by atoms with van der Waals surface area (Å²) in [5.74, 6) is 1.58. The molecule has 0 radical (unpaired) electrons. The third kappa shape index (κ3) is 5.70. The Morgan fingerprint density at radius 2 is 1.75 bits per heavy atom. The number of thiazole rings is 1. The largest absolute Gasteiger partial charge is 0.497 e. The van der Waals surface area contributed by atoms with Crippen molar-refractivity contribution in [3.63, 3.8) is 0 Å². The van der Waals surface area contributed by atoms with Gasteiger partial charge in [0.05, 0.1) is 38.1 Å². The molecule has 2 aromatic carbocycles. The zero-order valence-corrected chi connectivity index (χ0v) is 21.5. The Morgan fingerprint density at radius 3 is 2.44 bits per heavy atom. The maximum absolute atomic E-state index is 12.1. The van der Waals surface area contributed by atoms with E-state index in [-0.39, 0.29) is 11.9 Å². The fourth-order valence-corrected chi connectivity index (χ4v) is 5.22. The van der Waals surface area contributed by atoms with Crippen LogP contribution in [0.3, 0.4) is 0 Å². The van der Waals surface area contributed by atoms with Gasteiger partial charge in [-0.3, -0.25) is 9.79 Å². The molecule has 0 bridgehead atoms. The van der Waals surface area contributed by atoms with Gasteiger partial charge >= 0.3 is 5.97 Å². The van der Waals surface area contributed by atoms with Gasteiger partial charge in [0.25, 0.3) is 0 Å². The van der Waals surface area contributed by atoms with Crippen LogP contribution in [-0.4, -0.2) is 37.1 Å². The summed E-state index contributed by atoms with van der Waals surface area (Å²) in [7, 11) is 3.24. The second-order valence-corrected chi connectivity index (χ2v) is 10.1. The summed E-state index contributed by atoms with van der Waals surface area (Å²) in [6.07, 6.45) is 9.57. The van der Waals surface area contributed by atoms with Crippen molar-refractivity contribution in [1.29, 1.82) is 0 Å². The van der Waals surface area contributed by atoms with Gasteiger partial charge in [0, 0.05) is 10.9 Å². The van der Waals surface area contributed by atoms with Gasteiger partial charge in [-0.05, 0) is 73.7 Å². The highest BCUT2D eigenvalue weighted by molar-refractivity contribution is 7.07. The van der Waals surface area contributed by atoms with Gasteiger partial charge in [0.2, 0.25) is 4.80 Å². The Bertz CT molecular complexity index is 1300. The fraction of sp³-hybridized carbons (Fsp3) is 0.393. The number of methoxy groups -OCH3 is 2. The van der Waals surface area contributed by atoms with Crippen molar-refractivity contribution in [3.05, 3.63) is 58.2 Å². The average Bonchev–Trinajstić information content (AvgIpc) is 3.70. The lowest BCUT2D eigenvalue weighted by molar-refractivity contribution is -0.135. The zero-order valence-electron chi connectivity index (χ0n) is 20.7. The molecular formula is C28H31N3O4S. The Hall–Kier alpha value is -3.39. The van der Waals surface area contributed by atoms with Crippen LogP contribution >= 0.6 is 11.3 Å². The first kappa shape index (κ1) is 24.3. The molecule has 1 aromatic heterocycles. The van der Waals surface area contributed by atoms with Crippen molar-refractivity contribution in [2.45, 2.75) is 51.0 Å². The molecule has 0 unspecified atom stereocenters. The van der Waals surface area contributed by atoms with Gasteiger partial charge in [-0.1, -0.05) is 19.3 Å². The highest BCUT2D eigenvalue weighted by atomic mass is 32.1. The minimum atomic E-state index is -0.193. The quantitative estimate of drug-likeness (QED) is 0.225. The van der Waals surface area contributed by atoms with Crippen LogP contribution < -0.4 is 19.0 Å². The van der Waals surface area contributed by atoms with E-state index in [2.05, 4.69) is 5.38 Å². The van der Waals surface area contributed by atoms with Crippen LogP contribution in [0, 0.1) is 5.92 Å². The lowest BCUT2D eigenvalue weighted by Crippen LogP contribution is -2.19. The Labute approximate surface area is 215 Å². The van der Waals surface area contributed by atoms with Gasteiger partial charge in [0.1, 0.15) is 5.75 Å². The monoisotopic (exact) mass is 505 g/mol. The number of esters is 1. The summed E-state index contributed by atoms with van der Waals surface area (Å²) in [6.45, 7) is 0. The van der Waals surface area contributed by atoms with E-state index in [1.807, 2.05) is 41.1 Å². The van der Waals surface area contributed by atoms with Crippen LogP contribution in [0.25, 0.3) is 11.3 Å². The molecule has 2 aliphatic carbocycles. The summed E-state index contributed by atoms with van der Waals surface area (Å²) in [5.41, 5.74) is 2.84. The van der Waals surface area contributed by atoms with Crippen molar-refractivity contribution in [1.82, 2.24) is 4.68 Å². The van der Waals surface area contributed by atoms with Crippen molar-refractivity contribution in [2.75, 3.05) is 14.2 Å². The Balaban J connectivity index is 1.47. The van der Waals surface area contributed by atoms with Crippen LogP contribution in [-0.2, 0) is 4.79 Å². The maximum Gasteiger partial charge on any atom is 0.314 e. The summed E-state index contributed by atoms with van der Waals surface area (Å²) < 4.78 is 18.3. The molecule has 0 saturated heterocycles. The van der Waals surface area contributed by atoms with E-state index in [0.717, 1.165) is 53.1 Å². The molecule has 8 heteroatoms.